The first-order valence-electron chi connectivity index (χ1n) is 6.37. The van der Waals surface area contributed by atoms with Crippen LogP contribution in [0.25, 0.3) is 12.2 Å². The van der Waals surface area contributed by atoms with E-state index in [1.54, 1.807) is 11.1 Å². The zero-order chi connectivity index (χ0) is 11.5. The number of fused-ring (bicyclic) bond motifs is 3. The van der Waals surface area contributed by atoms with Crippen molar-refractivity contribution in [2.45, 2.75) is 39.5 Å². The Morgan fingerprint density at radius 3 is 2.62 bits per heavy atom. The molecule has 1 aromatic carbocycles. The van der Waals surface area contributed by atoms with Crippen molar-refractivity contribution in [3.63, 3.8) is 0 Å². The highest BCUT2D eigenvalue weighted by molar-refractivity contribution is 5.70. The predicted molar refractivity (Wildman–Crippen MR) is 72.6 cm³/mol. The molecule has 0 aliphatic heterocycles. The monoisotopic (exact) mass is 212 g/mol. The third kappa shape index (κ3) is 1.73. The van der Waals surface area contributed by atoms with Crippen LogP contribution in [-0.4, -0.2) is 0 Å². The molecule has 0 heterocycles. The Labute approximate surface area is 98.7 Å². The molecule has 0 heteroatoms. The van der Waals surface area contributed by atoms with Crippen molar-refractivity contribution in [1.82, 2.24) is 0 Å². The molecule has 2 aliphatic rings. The Morgan fingerprint density at radius 2 is 1.81 bits per heavy atom. The summed E-state index contributed by atoms with van der Waals surface area (Å²) in [6, 6.07) is 4.51. The van der Waals surface area contributed by atoms with Crippen molar-refractivity contribution < 1.29 is 0 Å². The van der Waals surface area contributed by atoms with Crippen LogP contribution in [0.4, 0.5) is 0 Å². The molecule has 84 valence electrons. The molecule has 0 amide bonds. The van der Waals surface area contributed by atoms with Crippen LogP contribution < -0.4 is 0 Å². The quantitative estimate of drug-likeness (QED) is 0.579. The Bertz CT molecular complexity index is 436. The van der Waals surface area contributed by atoms with Crippen LogP contribution in [0, 0.1) is 0 Å². The molecule has 0 N–H and O–H groups in total. The molecule has 0 unspecified atom stereocenters. The first-order chi connectivity index (χ1) is 7.86. The van der Waals surface area contributed by atoms with Crippen molar-refractivity contribution in [1.29, 1.82) is 0 Å². The lowest BCUT2D eigenvalue weighted by Gasteiger charge is -2.17. The molecule has 0 radical (unpaired) electrons. The lowest BCUT2D eigenvalue weighted by molar-refractivity contribution is 0.905. The van der Waals surface area contributed by atoms with Crippen LogP contribution in [0.1, 0.15) is 55.4 Å². The molecule has 2 aliphatic carbocycles. The first-order valence-corrected chi connectivity index (χ1v) is 6.37. The van der Waals surface area contributed by atoms with Crippen molar-refractivity contribution >= 4 is 12.2 Å². The molecule has 0 aromatic heterocycles. The second-order valence-electron chi connectivity index (χ2n) is 4.23. The Morgan fingerprint density at radius 1 is 1.06 bits per heavy atom. The van der Waals surface area contributed by atoms with E-state index in [0.29, 0.717) is 5.92 Å². The molecule has 0 saturated carbocycles. The van der Waals surface area contributed by atoms with Gasteiger partial charge < -0.3 is 0 Å². The van der Waals surface area contributed by atoms with Gasteiger partial charge in [0.25, 0.3) is 0 Å². The van der Waals surface area contributed by atoms with Gasteiger partial charge in [0.2, 0.25) is 0 Å². The van der Waals surface area contributed by atoms with Gasteiger partial charge in [0, 0.05) is 5.92 Å². The lowest BCUT2D eigenvalue weighted by Crippen LogP contribution is -2.02. The lowest BCUT2D eigenvalue weighted by atomic mass is 9.87. The largest absolute Gasteiger partial charge is 0.0836 e. The summed E-state index contributed by atoms with van der Waals surface area (Å²) in [5.41, 5.74) is 6.03. The van der Waals surface area contributed by atoms with Gasteiger partial charge in [-0.25, -0.2) is 0 Å². The van der Waals surface area contributed by atoms with Crippen LogP contribution in [0.3, 0.4) is 0 Å². The van der Waals surface area contributed by atoms with E-state index in [-0.39, 0.29) is 0 Å². The van der Waals surface area contributed by atoms with Gasteiger partial charge >= 0.3 is 0 Å². The van der Waals surface area contributed by atoms with Crippen LogP contribution >= 0.6 is 0 Å². The summed E-state index contributed by atoms with van der Waals surface area (Å²) in [5, 5.41) is 0. The predicted octanol–water partition coefficient (Wildman–Crippen LogP) is 4.80. The molecule has 0 bridgehead atoms. The fraction of sp³-hybridized carbons (Fsp3) is 0.375. The van der Waals surface area contributed by atoms with E-state index in [1.807, 2.05) is 13.8 Å². The van der Waals surface area contributed by atoms with Crippen LogP contribution in [0.5, 0.6) is 0 Å². The average molecular weight is 212 g/mol. The fourth-order valence-electron chi connectivity index (χ4n) is 2.60. The SMILES string of the molecule is CC.C[C@@H]1C=Cc2ccc3c(c21)CCC=C3. The molecule has 1 atom stereocenters. The van der Waals surface area contributed by atoms with Gasteiger partial charge in [0.1, 0.15) is 0 Å². The maximum absolute atomic E-state index is 2.31. The van der Waals surface area contributed by atoms with Gasteiger partial charge in [0.15, 0.2) is 0 Å². The summed E-state index contributed by atoms with van der Waals surface area (Å²) in [6.45, 7) is 6.29. The van der Waals surface area contributed by atoms with Gasteiger partial charge in [-0.2, -0.15) is 0 Å². The minimum atomic E-state index is 0.617. The van der Waals surface area contributed by atoms with E-state index in [1.165, 1.54) is 24.0 Å². The number of rotatable bonds is 0. The van der Waals surface area contributed by atoms with E-state index in [4.69, 9.17) is 0 Å². The van der Waals surface area contributed by atoms with E-state index in [0.717, 1.165) is 0 Å². The molecule has 0 spiro atoms. The molecule has 0 fully saturated rings. The summed E-state index contributed by atoms with van der Waals surface area (Å²) in [5.74, 6) is 0.617. The maximum atomic E-state index is 2.31. The molecular weight excluding hydrogens is 192 g/mol. The summed E-state index contributed by atoms with van der Waals surface area (Å²) < 4.78 is 0. The number of benzene rings is 1. The van der Waals surface area contributed by atoms with E-state index in [9.17, 15) is 0 Å². The summed E-state index contributed by atoms with van der Waals surface area (Å²) in [7, 11) is 0. The third-order valence-corrected chi connectivity index (χ3v) is 3.31. The molecule has 16 heavy (non-hydrogen) atoms. The average Bonchev–Trinajstić information content (AvgIpc) is 2.74. The first kappa shape index (κ1) is 11.2. The zero-order valence-electron chi connectivity index (χ0n) is 10.5. The molecule has 0 saturated heterocycles. The number of hydrogen-bond acceptors (Lipinski definition) is 0. The van der Waals surface area contributed by atoms with Gasteiger partial charge in [-0.1, -0.05) is 57.2 Å². The molecule has 1 aromatic rings. The fourth-order valence-corrected chi connectivity index (χ4v) is 2.60. The topological polar surface area (TPSA) is 0 Å². The van der Waals surface area contributed by atoms with Gasteiger partial charge in [-0.05, 0) is 35.1 Å². The highest BCUT2D eigenvalue weighted by Gasteiger charge is 2.19. The Kier molecular flexibility index (Phi) is 3.28. The van der Waals surface area contributed by atoms with Crippen molar-refractivity contribution in [2.24, 2.45) is 0 Å². The molecular formula is C16H20. The number of hydrogen-bond donors (Lipinski definition) is 0. The third-order valence-electron chi connectivity index (χ3n) is 3.31. The minimum absolute atomic E-state index is 0.617. The van der Waals surface area contributed by atoms with Crippen molar-refractivity contribution in [2.75, 3.05) is 0 Å². The second-order valence-corrected chi connectivity index (χ2v) is 4.23. The molecule has 0 nitrogen and oxygen atoms in total. The van der Waals surface area contributed by atoms with Crippen LogP contribution in [-0.2, 0) is 6.42 Å². The highest BCUT2D eigenvalue weighted by atomic mass is 14.2. The maximum Gasteiger partial charge on any atom is 0.000178 e. The zero-order valence-corrected chi connectivity index (χ0v) is 10.5. The van der Waals surface area contributed by atoms with Crippen LogP contribution in [0.15, 0.2) is 24.3 Å². The smallest absolute Gasteiger partial charge is 0.000178 e. The highest BCUT2D eigenvalue weighted by Crippen LogP contribution is 2.36. The van der Waals surface area contributed by atoms with Crippen molar-refractivity contribution in [3.8, 4) is 0 Å². The van der Waals surface area contributed by atoms with E-state index >= 15 is 0 Å². The normalized spacial score (nSPS) is 19.8. The summed E-state index contributed by atoms with van der Waals surface area (Å²) >= 11 is 0. The number of allylic oxidation sites excluding steroid dienone is 2. The van der Waals surface area contributed by atoms with Gasteiger partial charge in [-0.15, -0.1) is 0 Å². The summed E-state index contributed by atoms with van der Waals surface area (Å²) in [6.07, 6.45) is 11.5. The standard InChI is InChI=1S/C14H14.C2H6/c1-10-6-7-12-9-8-11-4-2-3-5-13(11)14(10)12;1-2/h2,4,6-10H,3,5H2,1H3;1-2H3/t10-;/m1./s1. The molecule has 3 rings (SSSR count). The minimum Gasteiger partial charge on any atom is -0.0836 e. The Hall–Kier alpha value is -1.30. The van der Waals surface area contributed by atoms with E-state index in [2.05, 4.69) is 43.4 Å². The Balaban J connectivity index is 0.000000457. The van der Waals surface area contributed by atoms with Crippen LogP contribution in [0.2, 0.25) is 0 Å². The van der Waals surface area contributed by atoms with E-state index < -0.39 is 0 Å². The summed E-state index contributed by atoms with van der Waals surface area (Å²) in [4.78, 5) is 0. The van der Waals surface area contributed by atoms with Gasteiger partial charge in [-0.3, -0.25) is 0 Å². The van der Waals surface area contributed by atoms with Gasteiger partial charge in [0.05, 0.1) is 0 Å². The van der Waals surface area contributed by atoms with Crippen molar-refractivity contribution in [3.05, 3.63) is 46.5 Å². The second kappa shape index (κ2) is 4.69.